The molecule has 0 heterocycles. The van der Waals surface area contributed by atoms with Gasteiger partial charge in [-0.3, -0.25) is 4.79 Å². The van der Waals surface area contributed by atoms with Crippen molar-refractivity contribution in [1.29, 1.82) is 0 Å². The molecule has 126 valence electrons. The maximum Gasteiger partial charge on any atom is 0.229 e. The molecule has 1 atom stereocenters. The van der Waals surface area contributed by atoms with Crippen molar-refractivity contribution in [1.82, 2.24) is 5.32 Å². The van der Waals surface area contributed by atoms with Gasteiger partial charge >= 0.3 is 0 Å². The van der Waals surface area contributed by atoms with Crippen LogP contribution in [0, 0.1) is 11.8 Å². The van der Waals surface area contributed by atoms with Gasteiger partial charge < -0.3 is 10.1 Å². The quantitative estimate of drug-likeness (QED) is 0.550. The molecule has 1 N–H and O–H groups in total. The summed E-state index contributed by atoms with van der Waals surface area (Å²) in [5.74, 6) is 3.15. The number of ether oxygens (including phenoxy) is 1. The smallest absolute Gasteiger partial charge is 0.229 e. The fourth-order valence-electron chi connectivity index (χ4n) is 1.88. The number of hydrogen-bond acceptors (Lipinski definition) is 3. The Bertz CT molecular complexity index is 280. The third-order valence-electron chi connectivity index (χ3n) is 3.91. The lowest BCUT2D eigenvalue weighted by Gasteiger charge is -2.28. The van der Waals surface area contributed by atoms with Gasteiger partial charge in [-0.05, 0) is 50.7 Å². The molecule has 0 rings (SSSR count). The van der Waals surface area contributed by atoms with Gasteiger partial charge in [0.25, 0.3) is 0 Å². The van der Waals surface area contributed by atoms with Crippen LogP contribution in [-0.4, -0.2) is 36.2 Å². The lowest BCUT2D eigenvalue weighted by atomic mass is 9.89. The Morgan fingerprint density at radius 2 is 1.95 bits per heavy atom. The molecule has 0 aromatic carbocycles. The zero-order chi connectivity index (χ0) is 16.3. The number of carbonyl (C=O) groups excluding carboxylic acids is 1. The van der Waals surface area contributed by atoms with Gasteiger partial charge in [0.05, 0.1) is 11.4 Å². The molecular formula is C17H35NO2S. The SMILES string of the molecule is CCSCC(=O)NCCCOC(C)(C)CCC(C)C(C)C. The minimum atomic E-state index is -0.0643. The van der Waals surface area contributed by atoms with Crippen LogP contribution in [0.4, 0.5) is 0 Å². The van der Waals surface area contributed by atoms with Crippen LogP contribution in [0.5, 0.6) is 0 Å². The minimum absolute atomic E-state index is 0.0643. The van der Waals surface area contributed by atoms with E-state index in [2.05, 4.69) is 46.9 Å². The number of hydrogen-bond donors (Lipinski definition) is 1. The standard InChI is InChI=1S/C17H35NO2S/c1-7-21-13-16(19)18-11-8-12-20-17(5,6)10-9-15(4)14(2)3/h14-15H,7-13H2,1-6H3,(H,18,19). The first-order valence-electron chi connectivity index (χ1n) is 8.27. The molecule has 1 unspecified atom stereocenters. The minimum Gasteiger partial charge on any atom is -0.376 e. The highest BCUT2D eigenvalue weighted by Crippen LogP contribution is 2.23. The van der Waals surface area contributed by atoms with Crippen LogP contribution in [-0.2, 0) is 9.53 Å². The molecule has 0 saturated carbocycles. The molecule has 0 aromatic rings. The number of rotatable bonds is 12. The Kier molecular flexibility index (Phi) is 11.2. The van der Waals surface area contributed by atoms with E-state index in [1.807, 2.05) is 0 Å². The lowest BCUT2D eigenvalue weighted by Crippen LogP contribution is -2.30. The topological polar surface area (TPSA) is 38.3 Å². The highest BCUT2D eigenvalue weighted by Gasteiger charge is 2.20. The van der Waals surface area contributed by atoms with Gasteiger partial charge in [0.2, 0.25) is 5.91 Å². The summed E-state index contributed by atoms with van der Waals surface area (Å²) in [7, 11) is 0. The Labute approximate surface area is 136 Å². The molecule has 0 aliphatic heterocycles. The Morgan fingerprint density at radius 3 is 2.52 bits per heavy atom. The molecule has 0 radical (unpaired) electrons. The second-order valence-corrected chi connectivity index (χ2v) is 7.98. The van der Waals surface area contributed by atoms with Crippen molar-refractivity contribution in [2.24, 2.45) is 11.8 Å². The first kappa shape index (κ1) is 20.8. The Morgan fingerprint density at radius 1 is 1.29 bits per heavy atom. The van der Waals surface area contributed by atoms with E-state index >= 15 is 0 Å². The number of amides is 1. The largest absolute Gasteiger partial charge is 0.376 e. The van der Waals surface area contributed by atoms with Crippen LogP contribution in [0.1, 0.15) is 60.8 Å². The summed E-state index contributed by atoms with van der Waals surface area (Å²) in [6.07, 6.45) is 3.17. The van der Waals surface area contributed by atoms with Crippen molar-refractivity contribution in [3.8, 4) is 0 Å². The van der Waals surface area contributed by atoms with E-state index in [1.165, 1.54) is 6.42 Å². The molecule has 0 aliphatic carbocycles. The number of carbonyl (C=O) groups is 1. The summed E-state index contributed by atoms with van der Waals surface area (Å²) in [6.45, 7) is 14.7. The van der Waals surface area contributed by atoms with Gasteiger partial charge in [-0.2, -0.15) is 11.8 Å². The van der Waals surface area contributed by atoms with Crippen LogP contribution in [0.3, 0.4) is 0 Å². The van der Waals surface area contributed by atoms with Crippen molar-refractivity contribution in [2.45, 2.75) is 66.4 Å². The summed E-state index contributed by atoms with van der Waals surface area (Å²) in [5, 5.41) is 2.93. The molecule has 0 fully saturated rings. The summed E-state index contributed by atoms with van der Waals surface area (Å²) in [5.41, 5.74) is -0.0643. The maximum atomic E-state index is 11.4. The molecule has 1 amide bonds. The highest BCUT2D eigenvalue weighted by atomic mass is 32.2. The van der Waals surface area contributed by atoms with Crippen molar-refractivity contribution in [3.63, 3.8) is 0 Å². The van der Waals surface area contributed by atoms with E-state index in [4.69, 9.17) is 4.74 Å². The van der Waals surface area contributed by atoms with Gasteiger partial charge in [0, 0.05) is 13.2 Å². The average molecular weight is 318 g/mol. The van der Waals surface area contributed by atoms with Crippen LogP contribution >= 0.6 is 11.8 Å². The van der Waals surface area contributed by atoms with Gasteiger partial charge in [0.15, 0.2) is 0 Å². The number of nitrogens with one attached hydrogen (secondary N) is 1. The van der Waals surface area contributed by atoms with Crippen molar-refractivity contribution in [3.05, 3.63) is 0 Å². The van der Waals surface area contributed by atoms with E-state index in [0.29, 0.717) is 18.9 Å². The molecule has 3 nitrogen and oxygen atoms in total. The van der Waals surface area contributed by atoms with Crippen LogP contribution in [0.25, 0.3) is 0 Å². The summed E-state index contributed by atoms with van der Waals surface area (Å²) < 4.78 is 5.97. The predicted molar refractivity (Wildman–Crippen MR) is 93.9 cm³/mol. The van der Waals surface area contributed by atoms with Crippen molar-refractivity contribution < 1.29 is 9.53 Å². The molecule has 21 heavy (non-hydrogen) atoms. The molecule has 0 saturated heterocycles. The van der Waals surface area contributed by atoms with E-state index in [9.17, 15) is 4.79 Å². The fourth-order valence-corrected chi connectivity index (χ4v) is 2.37. The second kappa shape index (κ2) is 11.4. The van der Waals surface area contributed by atoms with E-state index < -0.39 is 0 Å². The molecule has 0 bridgehead atoms. The second-order valence-electron chi connectivity index (χ2n) is 6.71. The van der Waals surface area contributed by atoms with Gasteiger partial charge in [-0.15, -0.1) is 0 Å². The third kappa shape index (κ3) is 12.0. The van der Waals surface area contributed by atoms with Gasteiger partial charge in [-0.1, -0.05) is 27.7 Å². The molecule has 0 aliphatic rings. The number of thioether (sulfide) groups is 1. The summed E-state index contributed by atoms with van der Waals surface area (Å²) >= 11 is 1.65. The highest BCUT2D eigenvalue weighted by molar-refractivity contribution is 7.99. The zero-order valence-electron chi connectivity index (χ0n) is 14.8. The Hall–Kier alpha value is -0.220. The first-order chi connectivity index (χ1) is 9.78. The van der Waals surface area contributed by atoms with Crippen LogP contribution < -0.4 is 5.32 Å². The lowest BCUT2D eigenvalue weighted by molar-refractivity contribution is -0.118. The predicted octanol–water partition coefficient (Wildman–Crippen LogP) is 4.11. The van der Waals surface area contributed by atoms with E-state index in [0.717, 1.165) is 30.4 Å². The van der Waals surface area contributed by atoms with Gasteiger partial charge in [0.1, 0.15) is 0 Å². The average Bonchev–Trinajstić information content (AvgIpc) is 2.41. The molecule has 4 heteroatoms. The third-order valence-corrected chi connectivity index (χ3v) is 4.79. The van der Waals surface area contributed by atoms with Crippen molar-refractivity contribution >= 4 is 17.7 Å². The van der Waals surface area contributed by atoms with Gasteiger partial charge in [-0.25, -0.2) is 0 Å². The fraction of sp³-hybridized carbons (Fsp3) is 0.941. The van der Waals surface area contributed by atoms with Crippen molar-refractivity contribution in [2.75, 3.05) is 24.7 Å². The molecule has 0 spiro atoms. The first-order valence-corrected chi connectivity index (χ1v) is 9.42. The van der Waals surface area contributed by atoms with Crippen LogP contribution in [0.15, 0.2) is 0 Å². The molecule has 0 aromatic heterocycles. The Balaban J connectivity index is 3.67. The summed E-state index contributed by atoms with van der Waals surface area (Å²) in [6, 6.07) is 0. The van der Waals surface area contributed by atoms with Crippen LogP contribution in [0.2, 0.25) is 0 Å². The van der Waals surface area contributed by atoms with E-state index in [-0.39, 0.29) is 11.5 Å². The van der Waals surface area contributed by atoms with E-state index in [1.54, 1.807) is 11.8 Å². The monoisotopic (exact) mass is 317 g/mol. The normalized spacial score (nSPS) is 13.5. The molecular weight excluding hydrogens is 282 g/mol. The zero-order valence-corrected chi connectivity index (χ0v) is 15.6. The summed E-state index contributed by atoms with van der Waals surface area (Å²) in [4.78, 5) is 11.4. The maximum absolute atomic E-state index is 11.4.